The lowest BCUT2D eigenvalue weighted by Crippen LogP contribution is -2.07. The molecule has 0 bridgehead atoms. The molecule has 0 aliphatic rings. The second-order valence-electron chi connectivity index (χ2n) is 4.40. The van der Waals surface area contributed by atoms with Gasteiger partial charge in [-0.15, -0.1) is 32.9 Å². The van der Waals surface area contributed by atoms with E-state index >= 15 is 0 Å². The average molecular weight is 340 g/mol. The first-order valence-corrected chi connectivity index (χ1v) is 8.45. The van der Waals surface area contributed by atoms with E-state index in [-0.39, 0.29) is 18.3 Å². The summed E-state index contributed by atoms with van der Waals surface area (Å²) in [6.07, 6.45) is 1.57. The summed E-state index contributed by atoms with van der Waals surface area (Å²) < 4.78 is 4.88. The van der Waals surface area contributed by atoms with Gasteiger partial charge >= 0.3 is 5.97 Å². The average Bonchev–Trinajstić information content (AvgIpc) is 3.05. The highest BCUT2D eigenvalue weighted by atomic mass is 32.1. The van der Waals surface area contributed by atoms with Gasteiger partial charge in [0.1, 0.15) is 10.0 Å². The van der Waals surface area contributed by atoms with Crippen molar-refractivity contribution in [2.24, 2.45) is 0 Å². The van der Waals surface area contributed by atoms with Crippen LogP contribution in [0.15, 0.2) is 5.38 Å². The third-order valence-corrected chi connectivity index (χ3v) is 4.33. The second-order valence-corrected chi connectivity index (χ2v) is 6.40. The summed E-state index contributed by atoms with van der Waals surface area (Å²) in [6, 6.07) is 0. The first kappa shape index (κ1) is 16.5. The van der Waals surface area contributed by atoms with E-state index in [1.165, 1.54) is 29.6 Å². The summed E-state index contributed by atoms with van der Waals surface area (Å²) in [6.45, 7) is 3.59. The maximum absolute atomic E-state index is 11.4. The van der Waals surface area contributed by atoms with Crippen LogP contribution in [0.3, 0.4) is 0 Å². The van der Waals surface area contributed by atoms with Crippen molar-refractivity contribution in [3.63, 3.8) is 0 Å². The van der Waals surface area contributed by atoms with Crippen LogP contribution in [-0.2, 0) is 33.6 Å². The van der Waals surface area contributed by atoms with Gasteiger partial charge in [0.2, 0.25) is 5.91 Å². The highest BCUT2D eigenvalue weighted by Gasteiger charge is 2.11. The van der Waals surface area contributed by atoms with Gasteiger partial charge in [0, 0.05) is 18.7 Å². The van der Waals surface area contributed by atoms with Gasteiger partial charge in [-0.2, -0.15) is 0 Å². The second kappa shape index (κ2) is 7.95. The predicted octanol–water partition coefficient (Wildman–Crippen LogP) is 1.84. The SMILES string of the molecule is CCOC(=O)Cc1nnc(CCc2csc(NC(C)=O)n2)s1. The van der Waals surface area contributed by atoms with Crippen LogP contribution in [0, 0.1) is 0 Å². The fourth-order valence-corrected chi connectivity index (χ4v) is 3.28. The third kappa shape index (κ3) is 5.15. The molecule has 9 heteroatoms. The molecule has 0 saturated carbocycles. The predicted molar refractivity (Wildman–Crippen MR) is 84.1 cm³/mol. The largest absolute Gasteiger partial charge is 0.466 e. The Morgan fingerprint density at radius 1 is 1.27 bits per heavy atom. The Hall–Kier alpha value is -1.87. The lowest BCUT2D eigenvalue weighted by Gasteiger charge is -1.97. The molecule has 1 amide bonds. The van der Waals surface area contributed by atoms with Crippen LogP contribution in [0.4, 0.5) is 5.13 Å². The topological polar surface area (TPSA) is 94.1 Å². The highest BCUT2D eigenvalue weighted by Crippen LogP contribution is 2.18. The smallest absolute Gasteiger partial charge is 0.312 e. The molecule has 0 aliphatic heterocycles. The van der Waals surface area contributed by atoms with Gasteiger partial charge in [0.15, 0.2) is 5.13 Å². The van der Waals surface area contributed by atoms with Crippen molar-refractivity contribution in [3.05, 3.63) is 21.1 Å². The van der Waals surface area contributed by atoms with Crippen molar-refractivity contribution >= 4 is 39.7 Å². The molecule has 0 fully saturated rings. The maximum atomic E-state index is 11.4. The maximum Gasteiger partial charge on any atom is 0.312 e. The minimum Gasteiger partial charge on any atom is -0.466 e. The Kier molecular flexibility index (Phi) is 5.96. The van der Waals surface area contributed by atoms with Gasteiger partial charge in [-0.25, -0.2) is 4.98 Å². The van der Waals surface area contributed by atoms with Crippen LogP contribution >= 0.6 is 22.7 Å². The number of ether oxygens (including phenoxy) is 1. The third-order valence-electron chi connectivity index (χ3n) is 2.54. The fourth-order valence-electron chi connectivity index (χ4n) is 1.66. The number of carbonyl (C=O) groups is 2. The van der Waals surface area contributed by atoms with E-state index in [4.69, 9.17) is 4.74 Å². The first-order chi connectivity index (χ1) is 10.6. The molecule has 0 spiro atoms. The first-order valence-electron chi connectivity index (χ1n) is 6.75. The molecule has 0 unspecified atom stereocenters. The van der Waals surface area contributed by atoms with Crippen LogP contribution < -0.4 is 5.32 Å². The number of anilines is 1. The van der Waals surface area contributed by atoms with Gasteiger partial charge in [-0.1, -0.05) is 0 Å². The number of esters is 1. The number of nitrogens with one attached hydrogen (secondary N) is 1. The number of carbonyl (C=O) groups excluding carboxylic acids is 2. The summed E-state index contributed by atoms with van der Waals surface area (Å²) in [5.41, 5.74) is 0.899. The molecule has 118 valence electrons. The molecule has 2 aromatic heterocycles. The van der Waals surface area contributed by atoms with E-state index < -0.39 is 0 Å². The molecular formula is C13H16N4O3S2. The highest BCUT2D eigenvalue weighted by molar-refractivity contribution is 7.14. The van der Waals surface area contributed by atoms with Crippen molar-refractivity contribution in [2.75, 3.05) is 11.9 Å². The zero-order chi connectivity index (χ0) is 15.9. The quantitative estimate of drug-likeness (QED) is 0.773. The number of aryl methyl sites for hydroxylation is 2. The van der Waals surface area contributed by atoms with Gasteiger partial charge < -0.3 is 10.1 Å². The summed E-state index contributed by atoms with van der Waals surface area (Å²) in [4.78, 5) is 26.6. The van der Waals surface area contributed by atoms with Crippen molar-refractivity contribution in [1.82, 2.24) is 15.2 Å². The zero-order valence-corrected chi connectivity index (χ0v) is 13.9. The summed E-state index contributed by atoms with van der Waals surface area (Å²) in [7, 11) is 0. The van der Waals surface area contributed by atoms with Crippen molar-refractivity contribution in [1.29, 1.82) is 0 Å². The van der Waals surface area contributed by atoms with Gasteiger partial charge in [-0.3, -0.25) is 9.59 Å². The Bertz CT molecular complexity index is 653. The van der Waals surface area contributed by atoms with Crippen LogP contribution in [0.1, 0.15) is 29.6 Å². The number of amides is 1. The van der Waals surface area contributed by atoms with Crippen LogP contribution in [-0.4, -0.2) is 33.7 Å². The van der Waals surface area contributed by atoms with Crippen molar-refractivity contribution in [3.8, 4) is 0 Å². The van der Waals surface area contributed by atoms with E-state index in [9.17, 15) is 9.59 Å². The molecule has 2 heterocycles. The fraction of sp³-hybridized carbons (Fsp3) is 0.462. The summed E-state index contributed by atoms with van der Waals surface area (Å²) in [5.74, 6) is -0.418. The standard InChI is InChI=1S/C13H16N4O3S2/c1-3-20-12(19)6-11-17-16-10(22-11)5-4-9-7-21-13(15-9)14-8(2)18/h7H,3-6H2,1-2H3,(H,14,15,18). The van der Waals surface area contributed by atoms with E-state index in [2.05, 4.69) is 20.5 Å². The summed E-state index contributed by atoms with van der Waals surface area (Å²) in [5, 5.41) is 14.7. The number of hydrogen-bond acceptors (Lipinski definition) is 8. The van der Waals surface area contributed by atoms with Crippen LogP contribution in [0.2, 0.25) is 0 Å². The molecule has 0 saturated heterocycles. The molecule has 2 aromatic rings. The number of hydrogen-bond donors (Lipinski definition) is 1. The molecule has 0 atom stereocenters. The van der Waals surface area contributed by atoms with Crippen LogP contribution in [0.5, 0.6) is 0 Å². The normalized spacial score (nSPS) is 10.5. The molecule has 22 heavy (non-hydrogen) atoms. The van der Waals surface area contributed by atoms with E-state index in [1.807, 2.05) is 5.38 Å². The van der Waals surface area contributed by atoms with E-state index in [0.717, 1.165) is 10.7 Å². The Labute approximate surface area is 135 Å². The molecule has 0 aliphatic carbocycles. The summed E-state index contributed by atoms with van der Waals surface area (Å²) >= 11 is 2.80. The van der Waals surface area contributed by atoms with Crippen molar-refractivity contribution < 1.29 is 14.3 Å². The van der Waals surface area contributed by atoms with Gasteiger partial charge in [0.05, 0.1) is 18.7 Å². The number of nitrogens with zero attached hydrogens (tertiary/aromatic N) is 3. The van der Waals surface area contributed by atoms with Crippen LogP contribution in [0.25, 0.3) is 0 Å². The minimum atomic E-state index is -0.287. The molecular weight excluding hydrogens is 324 g/mol. The number of aromatic nitrogens is 3. The molecule has 0 aromatic carbocycles. The Morgan fingerprint density at radius 2 is 2.05 bits per heavy atom. The van der Waals surface area contributed by atoms with Gasteiger partial charge in [-0.05, 0) is 13.3 Å². The molecule has 7 nitrogen and oxygen atoms in total. The number of thiazole rings is 1. The minimum absolute atomic E-state index is 0.131. The number of rotatable bonds is 7. The van der Waals surface area contributed by atoms with E-state index in [0.29, 0.717) is 29.6 Å². The van der Waals surface area contributed by atoms with Crippen molar-refractivity contribution in [2.45, 2.75) is 33.1 Å². The Balaban J connectivity index is 1.84. The zero-order valence-electron chi connectivity index (χ0n) is 12.3. The van der Waals surface area contributed by atoms with E-state index in [1.54, 1.807) is 6.92 Å². The molecule has 1 N–H and O–H groups in total. The lowest BCUT2D eigenvalue weighted by atomic mass is 10.3. The monoisotopic (exact) mass is 340 g/mol. The van der Waals surface area contributed by atoms with Gasteiger partial charge in [0.25, 0.3) is 0 Å². The lowest BCUT2D eigenvalue weighted by molar-refractivity contribution is -0.142. The Morgan fingerprint density at radius 3 is 2.77 bits per heavy atom. The molecule has 0 radical (unpaired) electrons. The molecule has 2 rings (SSSR count).